The molecule has 2 aromatic rings. The van der Waals surface area contributed by atoms with Crippen LogP contribution < -0.4 is 4.80 Å². The van der Waals surface area contributed by atoms with Crippen LogP contribution in [0.4, 0.5) is 0 Å². The number of hydrogen-bond acceptors (Lipinski definition) is 2. The summed E-state index contributed by atoms with van der Waals surface area (Å²) in [6, 6.07) is 9.21. The molecule has 1 aromatic carbocycles. The van der Waals surface area contributed by atoms with Crippen molar-refractivity contribution in [2.75, 3.05) is 0 Å². The first kappa shape index (κ1) is 15.7. The van der Waals surface area contributed by atoms with Crippen LogP contribution in [0.5, 0.6) is 0 Å². The fourth-order valence-corrected chi connectivity index (χ4v) is 3.60. The van der Waals surface area contributed by atoms with Gasteiger partial charge in [0.2, 0.25) is 0 Å². The molecular formula is C17H22N2OS. The molecule has 0 saturated heterocycles. The number of rotatable bonds is 4. The minimum absolute atomic E-state index is 0.179. The molecule has 0 aliphatic carbocycles. The van der Waals surface area contributed by atoms with Gasteiger partial charge in [-0.05, 0) is 31.4 Å². The number of nitrogens with zero attached hydrogens (tertiary/aromatic N) is 2. The highest BCUT2D eigenvalue weighted by Crippen LogP contribution is 2.26. The Morgan fingerprint density at radius 3 is 2.62 bits per heavy atom. The Balaban J connectivity index is 2.39. The Labute approximate surface area is 130 Å². The summed E-state index contributed by atoms with van der Waals surface area (Å²) in [5.41, 5.74) is 1.84. The van der Waals surface area contributed by atoms with Crippen LogP contribution in [-0.4, -0.2) is 10.5 Å². The Bertz CT molecular complexity index is 683. The molecule has 3 nitrogen and oxygen atoms in total. The van der Waals surface area contributed by atoms with Gasteiger partial charge in [0.25, 0.3) is 5.91 Å². The largest absolute Gasteiger partial charge is 0.324 e. The highest BCUT2D eigenvalue weighted by atomic mass is 32.1. The molecule has 1 aromatic heterocycles. The highest BCUT2D eigenvalue weighted by molar-refractivity contribution is 7.09. The van der Waals surface area contributed by atoms with Gasteiger partial charge in [0.15, 0.2) is 4.80 Å². The summed E-state index contributed by atoms with van der Waals surface area (Å²) in [6.07, 6.45) is 2.32. The molecule has 0 N–H and O–H groups in total. The summed E-state index contributed by atoms with van der Waals surface area (Å²) >= 11 is 1.63. The van der Waals surface area contributed by atoms with Crippen molar-refractivity contribution in [3.05, 3.63) is 51.3 Å². The van der Waals surface area contributed by atoms with Crippen LogP contribution in [0.1, 0.15) is 53.5 Å². The standard InChI is InChI=1S/C17H22N2OS/c1-5-9-12(2)15-13(3)19(4)17(21-15)18-16(20)14-10-7-6-8-11-14/h6-8,10-12H,5,9H2,1-4H3/t12-/m1/s1. The second-order valence-corrected chi connectivity index (χ2v) is 6.38. The minimum Gasteiger partial charge on any atom is -0.324 e. The van der Waals surface area contributed by atoms with E-state index in [2.05, 4.69) is 25.8 Å². The lowest BCUT2D eigenvalue weighted by molar-refractivity contribution is 0.0998. The molecule has 21 heavy (non-hydrogen) atoms. The third-order valence-electron chi connectivity index (χ3n) is 3.74. The van der Waals surface area contributed by atoms with E-state index < -0.39 is 0 Å². The quantitative estimate of drug-likeness (QED) is 0.839. The monoisotopic (exact) mass is 302 g/mol. The number of thiazole rings is 1. The van der Waals surface area contributed by atoms with Gasteiger partial charge < -0.3 is 4.57 Å². The van der Waals surface area contributed by atoms with E-state index in [0.717, 1.165) is 17.6 Å². The molecule has 0 aliphatic rings. The van der Waals surface area contributed by atoms with Crippen molar-refractivity contribution in [1.29, 1.82) is 0 Å². The number of aromatic nitrogens is 1. The van der Waals surface area contributed by atoms with Gasteiger partial charge in [-0.3, -0.25) is 4.79 Å². The molecule has 0 aliphatic heterocycles. The zero-order chi connectivity index (χ0) is 15.4. The molecular weight excluding hydrogens is 280 g/mol. The first-order chi connectivity index (χ1) is 10.0. The van der Waals surface area contributed by atoms with E-state index in [1.165, 1.54) is 10.6 Å². The SMILES string of the molecule is CCC[C@@H](C)c1sc(=NC(=O)c2ccccc2)n(C)c1C. The van der Waals surface area contributed by atoms with E-state index in [0.29, 0.717) is 11.5 Å². The molecule has 112 valence electrons. The molecule has 0 spiro atoms. The fraction of sp³-hybridized carbons (Fsp3) is 0.412. The average Bonchev–Trinajstić information content (AvgIpc) is 2.77. The van der Waals surface area contributed by atoms with Gasteiger partial charge in [-0.15, -0.1) is 11.3 Å². The Hall–Kier alpha value is -1.68. The lowest BCUT2D eigenvalue weighted by Crippen LogP contribution is -2.14. The van der Waals surface area contributed by atoms with Crippen molar-refractivity contribution >= 4 is 17.2 Å². The molecule has 1 amide bonds. The van der Waals surface area contributed by atoms with E-state index in [9.17, 15) is 4.79 Å². The van der Waals surface area contributed by atoms with Gasteiger partial charge in [0.05, 0.1) is 0 Å². The topological polar surface area (TPSA) is 34.4 Å². The molecule has 0 fully saturated rings. The van der Waals surface area contributed by atoms with Crippen LogP contribution in [0.25, 0.3) is 0 Å². The molecule has 0 radical (unpaired) electrons. The third kappa shape index (κ3) is 3.50. The molecule has 0 unspecified atom stereocenters. The lowest BCUT2D eigenvalue weighted by Gasteiger charge is -2.08. The van der Waals surface area contributed by atoms with Gasteiger partial charge in [0.1, 0.15) is 0 Å². The Morgan fingerprint density at radius 1 is 1.33 bits per heavy atom. The molecule has 0 saturated carbocycles. The van der Waals surface area contributed by atoms with E-state index in [1.54, 1.807) is 23.5 Å². The maximum Gasteiger partial charge on any atom is 0.279 e. The van der Waals surface area contributed by atoms with Gasteiger partial charge in [-0.1, -0.05) is 38.5 Å². The molecule has 1 atom stereocenters. The van der Waals surface area contributed by atoms with E-state index >= 15 is 0 Å². The minimum atomic E-state index is -0.179. The predicted octanol–water partition coefficient (Wildman–Crippen LogP) is 4.04. The van der Waals surface area contributed by atoms with Crippen LogP contribution in [0, 0.1) is 6.92 Å². The predicted molar refractivity (Wildman–Crippen MR) is 87.7 cm³/mol. The van der Waals surface area contributed by atoms with Gasteiger partial charge in [0, 0.05) is 23.2 Å². The normalized spacial score (nSPS) is 13.4. The lowest BCUT2D eigenvalue weighted by atomic mass is 10.0. The Kier molecular flexibility index (Phi) is 5.12. The maximum absolute atomic E-state index is 12.2. The van der Waals surface area contributed by atoms with Crippen LogP contribution in [0.2, 0.25) is 0 Å². The van der Waals surface area contributed by atoms with E-state index in [4.69, 9.17) is 0 Å². The summed E-state index contributed by atoms with van der Waals surface area (Å²) in [5, 5.41) is 0. The Morgan fingerprint density at radius 2 is 2.00 bits per heavy atom. The number of carbonyl (C=O) groups excluding carboxylic acids is 1. The van der Waals surface area contributed by atoms with Crippen molar-refractivity contribution in [2.24, 2.45) is 12.0 Å². The molecule has 2 rings (SSSR count). The van der Waals surface area contributed by atoms with Crippen molar-refractivity contribution in [1.82, 2.24) is 4.57 Å². The van der Waals surface area contributed by atoms with Crippen molar-refractivity contribution in [3.8, 4) is 0 Å². The van der Waals surface area contributed by atoms with Crippen LogP contribution in [0.3, 0.4) is 0 Å². The van der Waals surface area contributed by atoms with Crippen LogP contribution in [-0.2, 0) is 7.05 Å². The molecule has 4 heteroatoms. The fourth-order valence-electron chi connectivity index (χ4n) is 2.40. The summed E-state index contributed by atoms with van der Waals surface area (Å²) in [4.78, 5) is 18.6. The summed E-state index contributed by atoms with van der Waals surface area (Å²) in [7, 11) is 1.98. The smallest absolute Gasteiger partial charge is 0.279 e. The molecule has 1 heterocycles. The second kappa shape index (κ2) is 6.85. The van der Waals surface area contributed by atoms with E-state index in [-0.39, 0.29) is 5.91 Å². The number of benzene rings is 1. The van der Waals surface area contributed by atoms with Gasteiger partial charge in [-0.2, -0.15) is 4.99 Å². The summed E-state index contributed by atoms with van der Waals surface area (Å²) in [5.74, 6) is 0.337. The zero-order valence-corrected chi connectivity index (χ0v) is 13.9. The number of amides is 1. The first-order valence-electron chi connectivity index (χ1n) is 7.35. The van der Waals surface area contributed by atoms with E-state index in [1.807, 2.05) is 29.8 Å². The number of hydrogen-bond donors (Lipinski definition) is 0. The van der Waals surface area contributed by atoms with Gasteiger partial charge >= 0.3 is 0 Å². The first-order valence-corrected chi connectivity index (χ1v) is 8.16. The number of carbonyl (C=O) groups is 1. The van der Waals surface area contributed by atoms with Crippen molar-refractivity contribution < 1.29 is 4.79 Å². The van der Waals surface area contributed by atoms with Crippen LogP contribution >= 0.6 is 11.3 Å². The van der Waals surface area contributed by atoms with Gasteiger partial charge in [-0.25, -0.2) is 0 Å². The highest BCUT2D eigenvalue weighted by Gasteiger charge is 2.14. The molecule has 0 bridgehead atoms. The third-order valence-corrected chi connectivity index (χ3v) is 5.20. The van der Waals surface area contributed by atoms with Crippen molar-refractivity contribution in [3.63, 3.8) is 0 Å². The van der Waals surface area contributed by atoms with Crippen LogP contribution in [0.15, 0.2) is 35.3 Å². The zero-order valence-electron chi connectivity index (χ0n) is 13.1. The average molecular weight is 302 g/mol. The van der Waals surface area contributed by atoms with Crippen molar-refractivity contribution in [2.45, 2.75) is 39.5 Å². The maximum atomic E-state index is 12.2. The summed E-state index contributed by atoms with van der Waals surface area (Å²) < 4.78 is 2.02. The second-order valence-electron chi connectivity index (χ2n) is 5.37. The summed E-state index contributed by atoms with van der Waals surface area (Å²) in [6.45, 7) is 6.54.